The van der Waals surface area contributed by atoms with Crippen LogP contribution in [-0.4, -0.2) is 21.9 Å². The van der Waals surface area contributed by atoms with Crippen LogP contribution in [0.15, 0.2) is 36.4 Å². The van der Waals surface area contributed by atoms with Crippen molar-refractivity contribution in [2.24, 2.45) is 5.73 Å². The van der Waals surface area contributed by atoms with Crippen LogP contribution >= 0.6 is 17.0 Å². The quantitative estimate of drug-likeness (QED) is 0.486. The molecule has 0 aromatic heterocycles. The average Bonchev–Trinajstić information content (AvgIpc) is 2.50. The Labute approximate surface area is 140 Å². The third kappa shape index (κ3) is 2.44. The number of nitrogens with two attached hydrogens (primary N) is 1. The maximum absolute atomic E-state index is 10.3. The molecule has 0 heterocycles. The van der Waals surface area contributed by atoms with Crippen LogP contribution in [0.2, 0.25) is 0 Å². The van der Waals surface area contributed by atoms with E-state index in [1.807, 2.05) is 18.2 Å². The minimum absolute atomic E-state index is 0. The van der Waals surface area contributed by atoms with E-state index >= 15 is 0 Å². The lowest BCUT2D eigenvalue weighted by Gasteiger charge is -2.39. The van der Waals surface area contributed by atoms with E-state index in [4.69, 9.17) is 5.73 Å². The van der Waals surface area contributed by atoms with E-state index in [0.717, 1.165) is 30.9 Å². The molecule has 3 rings (SSSR count). The number of halogens is 1. The van der Waals surface area contributed by atoms with Crippen LogP contribution in [0.4, 0.5) is 0 Å². The number of phenols is 3. The van der Waals surface area contributed by atoms with Gasteiger partial charge < -0.3 is 21.1 Å². The first-order valence-corrected chi connectivity index (χ1v) is 7.12. The van der Waals surface area contributed by atoms with Crippen molar-refractivity contribution >= 4 is 17.0 Å². The molecule has 0 spiro atoms. The Hall–Kier alpha value is -1.72. The van der Waals surface area contributed by atoms with Gasteiger partial charge in [0.25, 0.3) is 0 Å². The average molecular weight is 366 g/mol. The summed E-state index contributed by atoms with van der Waals surface area (Å²) in [6.45, 7) is 0.306. The van der Waals surface area contributed by atoms with Crippen molar-refractivity contribution in [2.45, 2.75) is 24.7 Å². The summed E-state index contributed by atoms with van der Waals surface area (Å²) in [5.41, 5.74) is 8.27. The lowest BCUT2D eigenvalue weighted by Crippen LogP contribution is -2.39. The first-order valence-electron chi connectivity index (χ1n) is 7.12. The van der Waals surface area contributed by atoms with Gasteiger partial charge in [-0.2, -0.15) is 0 Å². The van der Waals surface area contributed by atoms with Gasteiger partial charge in [0, 0.05) is 23.6 Å². The molecule has 0 amide bonds. The van der Waals surface area contributed by atoms with E-state index in [0.29, 0.717) is 12.1 Å². The second kappa shape index (κ2) is 6.18. The Kier molecular flexibility index (Phi) is 4.68. The predicted molar refractivity (Wildman–Crippen MR) is 91.0 cm³/mol. The molecule has 2 aromatic carbocycles. The molecule has 5 N–H and O–H groups in total. The molecular formula is C17H20BrNO3. The molecule has 0 aliphatic heterocycles. The standard InChI is InChI=1S/C17H19NO3.BrH/c18-10-17(14-8-12(19)9-15(20)16(14)21)7-3-5-11-4-1-2-6-13(11)17;/h1-2,4,6,8-9,19-21H,3,5,7,10,18H2;1H. The molecule has 118 valence electrons. The van der Waals surface area contributed by atoms with Crippen LogP contribution in [-0.2, 0) is 11.8 Å². The van der Waals surface area contributed by atoms with Crippen LogP contribution in [0.25, 0.3) is 0 Å². The molecule has 4 nitrogen and oxygen atoms in total. The lowest BCUT2D eigenvalue weighted by atomic mass is 9.65. The Morgan fingerprint density at radius 2 is 1.77 bits per heavy atom. The Balaban J connectivity index is 0.00000176. The summed E-state index contributed by atoms with van der Waals surface area (Å²) in [6.07, 6.45) is 2.70. The lowest BCUT2D eigenvalue weighted by molar-refractivity contribution is 0.365. The number of aromatic hydroxyl groups is 3. The number of fused-ring (bicyclic) bond motifs is 1. The molecule has 5 heteroatoms. The van der Waals surface area contributed by atoms with E-state index in [1.165, 1.54) is 11.6 Å². The smallest absolute Gasteiger partial charge is 0.161 e. The molecule has 0 saturated heterocycles. The molecule has 1 atom stereocenters. The Morgan fingerprint density at radius 1 is 1.05 bits per heavy atom. The number of aryl methyl sites for hydroxylation is 1. The fraction of sp³-hybridized carbons (Fsp3) is 0.294. The van der Waals surface area contributed by atoms with Crippen molar-refractivity contribution in [2.75, 3.05) is 6.54 Å². The van der Waals surface area contributed by atoms with E-state index in [-0.39, 0.29) is 34.2 Å². The minimum atomic E-state index is -0.574. The van der Waals surface area contributed by atoms with Crippen molar-refractivity contribution in [3.8, 4) is 17.2 Å². The van der Waals surface area contributed by atoms with Gasteiger partial charge in [-0.1, -0.05) is 24.3 Å². The first kappa shape index (κ1) is 16.6. The van der Waals surface area contributed by atoms with Crippen LogP contribution in [0.5, 0.6) is 17.2 Å². The highest BCUT2D eigenvalue weighted by atomic mass is 79.9. The van der Waals surface area contributed by atoms with E-state index in [2.05, 4.69) is 6.07 Å². The number of phenolic OH excluding ortho intramolecular Hbond substituents is 3. The molecule has 0 bridgehead atoms. The van der Waals surface area contributed by atoms with Crippen molar-refractivity contribution in [1.82, 2.24) is 0 Å². The Morgan fingerprint density at radius 3 is 2.50 bits per heavy atom. The third-order valence-corrected chi connectivity index (χ3v) is 4.52. The molecule has 0 fully saturated rings. The van der Waals surface area contributed by atoms with Gasteiger partial charge in [-0.15, -0.1) is 17.0 Å². The molecule has 1 aliphatic carbocycles. The monoisotopic (exact) mass is 365 g/mol. The predicted octanol–water partition coefficient (Wildman–Crippen LogP) is 2.96. The topological polar surface area (TPSA) is 86.7 Å². The molecule has 1 unspecified atom stereocenters. The SMILES string of the molecule is Br.NCC1(c2cc(O)cc(O)c2O)CCCc2ccccc21. The van der Waals surface area contributed by atoms with E-state index in [1.54, 1.807) is 0 Å². The van der Waals surface area contributed by atoms with Crippen LogP contribution in [0, 0.1) is 0 Å². The fourth-order valence-electron chi connectivity index (χ4n) is 3.49. The third-order valence-electron chi connectivity index (χ3n) is 4.52. The molecule has 2 aromatic rings. The second-order valence-electron chi connectivity index (χ2n) is 5.66. The zero-order valence-corrected chi connectivity index (χ0v) is 13.8. The first-order chi connectivity index (χ1) is 10.1. The summed E-state index contributed by atoms with van der Waals surface area (Å²) in [4.78, 5) is 0. The summed E-state index contributed by atoms with van der Waals surface area (Å²) in [5, 5.41) is 29.9. The zero-order valence-electron chi connectivity index (χ0n) is 12.1. The summed E-state index contributed by atoms with van der Waals surface area (Å²) < 4.78 is 0. The zero-order chi connectivity index (χ0) is 15.0. The maximum Gasteiger partial charge on any atom is 0.161 e. The second-order valence-corrected chi connectivity index (χ2v) is 5.66. The molecule has 1 aliphatic rings. The van der Waals surface area contributed by atoms with Gasteiger partial charge in [0.05, 0.1) is 0 Å². The van der Waals surface area contributed by atoms with Crippen molar-refractivity contribution in [3.05, 3.63) is 53.1 Å². The summed E-state index contributed by atoms with van der Waals surface area (Å²) in [7, 11) is 0. The van der Waals surface area contributed by atoms with Gasteiger partial charge in [0.1, 0.15) is 5.75 Å². The van der Waals surface area contributed by atoms with Gasteiger partial charge in [0.15, 0.2) is 11.5 Å². The summed E-state index contributed by atoms with van der Waals surface area (Å²) in [6, 6.07) is 10.7. The van der Waals surface area contributed by atoms with Gasteiger partial charge in [-0.05, 0) is 36.5 Å². The van der Waals surface area contributed by atoms with Crippen LogP contribution < -0.4 is 5.73 Å². The normalized spacial score (nSPS) is 20.0. The molecule has 0 saturated carbocycles. The molecule has 0 radical (unpaired) electrons. The number of hydrogen-bond acceptors (Lipinski definition) is 4. The van der Waals surface area contributed by atoms with Crippen molar-refractivity contribution in [3.63, 3.8) is 0 Å². The highest BCUT2D eigenvalue weighted by Crippen LogP contribution is 2.48. The summed E-state index contributed by atoms with van der Waals surface area (Å²) in [5.74, 6) is -0.591. The number of hydrogen-bond donors (Lipinski definition) is 4. The largest absolute Gasteiger partial charge is 0.508 e. The van der Waals surface area contributed by atoms with E-state index in [9.17, 15) is 15.3 Å². The number of benzene rings is 2. The summed E-state index contributed by atoms with van der Waals surface area (Å²) >= 11 is 0. The molecular weight excluding hydrogens is 346 g/mol. The minimum Gasteiger partial charge on any atom is -0.508 e. The van der Waals surface area contributed by atoms with Crippen molar-refractivity contribution < 1.29 is 15.3 Å². The Bertz CT molecular complexity index is 690. The highest BCUT2D eigenvalue weighted by molar-refractivity contribution is 8.93. The van der Waals surface area contributed by atoms with Gasteiger partial charge in [-0.3, -0.25) is 0 Å². The number of rotatable bonds is 2. The van der Waals surface area contributed by atoms with Crippen molar-refractivity contribution in [1.29, 1.82) is 0 Å². The highest BCUT2D eigenvalue weighted by Gasteiger charge is 2.39. The molecule has 22 heavy (non-hydrogen) atoms. The fourth-order valence-corrected chi connectivity index (χ4v) is 3.49. The van der Waals surface area contributed by atoms with Gasteiger partial charge in [0.2, 0.25) is 0 Å². The van der Waals surface area contributed by atoms with Crippen LogP contribution in [0.3, 0.4) is 0 Å². The van der Waals surface area contributed by atoms with Gasteiger partial charge in [-0.25, -0.2) is 0 Å². The van der Waals surface area contributed by atoms with E-state index < -0.39 is 5.41 Å². The van der Waals surface area contributed by atoms with Crippen LogP contribution in [0.1, 0.15) is 29.5 Å². The van der Waals surface area contributed by atoms with Gasteiger partial charge >= 0.3 is 0 Å². The maximum atomic E-state index is 10.3.